The molecule has 0 aliphatic carbocycles. The van der Waals surface area contributed by atoms with Crippen molar-refractivity contribution in [1.29, 1.82) is 0 Å². The normalized spacial score (nSPS) is 20.7. The minimum Gasteiger partial charge on any atom is -0.387 e. The van der Waals surface area contributed by atoms with Gasteiger partial charge in [-0.1, -0.05) is 12.2 Å². The van der Waals surface area contributed by atoms with E-state index in [0.717, 1.165) is 5.37 Å². The third-order valence-corrected chi connectivity index (χ3v) is 1.61. The topological polar surface area (TPSA) is 98.0 Å². The average molecular weight is 194 g/mol. The van der Waals surface area contributed by atoms with E-state index in [4.69, 9.17) is 20.4 Å². The van der Waals surface area contributed by atoms with Gasteiger partial charge in [-0.3, -0.25) is 0 Å². The molecule has 0 saturated heterocycles. The van der Waals surface area contributed by atoms with Crippen LogP contribution in [0, 0.1) is 0 Å². The van der Waals surface area contributed by atoms with E-state index >= 15 is 0 Å². The van der Waals surface area contributed by atoms with Crippen molar-refractivity contribution in [3.63, 3.8) is 0 Å². The van der Waals surface area contributed by atoms with E-state index < -0.39 is 24.4 Å². The van der Waals surface area contributed by atoms with Gasteiger partial charge in [-0.25, -0.2) is 0 Å². The molecule has 4 N–H and O–H groups in total. The first-order valence-corrected chi connectivity index (χ1v) is 3.64. The molecule has 4 atom stereocenters. The van der Waals surface area contributed by atoms with Crippen molar-refractivity contribution in [3.8, 4) is 0 Å². The zero-order valence-electron chi connectivity index (χ0n) is 6.07. The summed E-state index contributed by atoms with van der Waals surface area (Å²) in [4.78, 5) is 9.92. The minimum atomic E-state index is -1.73. The quantitative estimate of drug-likeness (QED) is 0.288. The van der Waals surface area contributed by atoms with Gasteiger partial charge in [0, 0.05) is 5.37 Å². The Morgan fingerprint density at radius 1 is 1.00 bits per heavy atom. The largest absolute Gasteiger partial charge is 0.387 e. The van der Waals surface area contributed by atoms with Crippen LogP contribution in [0.4, 0.5) is 0 Å². The lowest BCUT2D eigenvalue weighted by Gasteiger charge is -2.21. The Labute approximate surface area is 74.3 Å². The lowest BCUT2D eigenvalue weighted by Crippen LogP contribution is -2.45. The van der Waals surface area contributed by atoms with Crippen molar-refractivity contribution in [3.05, 3.63) is 0 Å². The van der Waals surface area contributed by atoms with Gasteiger partial charge in [0.2, 0.25) is 0 Å². The van der Waals surface area contributed by atoms with Crippen molar-refractivity contribution in [2.75, 3.05) is 0 Å². The molecule has 0 aliphatic heterocycles. The molecule has 0 amide bonds. The zero-order chi connectivity index (χ0) is 9.72. The molecule has 0 aliphatic rings. The van der Waals surface area contributed by atoms with Crippen LogP contribution in [-0.2, 0) is 4.79 Å². The summed E-state index contributed by atoms with van der Waals surface area (Å²) >= 11 is 4.28. The van der Waals surface area contributed by atoms with Gasteiger partial charge >= 0.3 is 0 Å². The summed E-state index contributed by atoms with van der Waals surface area (Å²) in [5, 5.41) is 36.3. The molecule has 0 heterocycles. The van der Waals surface area contributed by atoms with E-state index in [1.807, 2.05) is 0 Å². The second-order valence-corrected chi connectivity index (χ2v) is 2.51. The van der Waals surface area contributed by atoms with Crippen LogP contribution < -0.4 is 0 Å². The van der Waals surface area contributed by atoms with Gasteiger partial charge in [0.1, 0.15) is 24.4 Å². The number of hydrogen-bond donors (Lipinski definition) is 4. The maximum atomic E-state index is 9.92. The predicted molar refractivity (Wildman–Crippen MR) is 43.7 cm³/mol. The standard InChI is InChI=1S/C6H10O5S/c7-1-3(8)5(10)6(11)4(9)2-12/h1-6,8-11H/t3-,4+,5+,6-/m0/s1. The Bertz CT molecular complexity index is 144. The third-order valence-electron chi connectivity index (χ3n) is 1.33. The molecule has 0 aromatic heterocycles. The molecule has 70 valence electrons. The molecule has 0 saturated carbocycles. The van der Waals surface area contributed by atoms with Gasteiger partial charge in [0.25, 0.3) is 0 Å². The van der Waals surface area contributed by atoms with Crippen LogP contribution in [0.25, 0.3) is 0 Å². The van der Waals surface area contributed by atoms with Crippen LogP contribution >= 0.6 is 12.2 Å². The van der Waals surface area contributed by atoms with Crippen LogP contribution in [-0.4, -0.2) is 56.5 Å². The van der Waals surface area contributed by atoms with Crippen molar-refractivity contribution >= 4 is 23.9 Å². The molecule has 0 radical (unpaired) electrons. The van der Waals surface area contributed by atoms with Gasteiger partial charge in [-0.05, 0) is 0 Å². The zero-order valence-corrected chi connectivity index (χ0v) is 6.89. The van der Waals surface area contributed by atoms with Crippen LogP contribution in [0.3, 0.4) is 0 Å². The number of carbonyl (C=O) groups excluding carboxylic acids is 1. The number of aliphatic hydroxyl groups is 4. The number of carbonyl (C=O) groups is 1. The Balaban J connectivity index is 4.16. The smallest absolute Gasteiger partial charge is 0.151 e. The fourth-order valence-corrected chi connectivity index (χ4v) is 0.726. The van der Waals surface area contributed by atoms with Crippen LogP contribution in [0.15, 0.2) is 0 Å². The van der Waals surface area contributed by atoms with E-state index in [0.29, 0.717) is 0 Å². The average Bonchev–Trinajstić information content (AvgIpc) is 2.12. The molecule has 0 spiro atoms. The summed E-state index contributed by atoms with van der Waals surface area (Å²) in [5.41, 5.74) is 0. The number of aldehydes is 1. The maximum Gasteiger partial charge on any atom is 0.151 e. The third kappa shape index (κ3) is 2.92. The second-order valence-electron chi connectivity index (χ2n) is 2.23. The van der Waals surface area contributed by atoms with Crippen molar-refractivity contribution in [2.24, 2.45) is 0 Å². The highest BCUT2D eigenvalue weighted by Crippen LogP contribution is 2.02. The van der Waals surface area contributed by atoms with Crippen LogP contribution in [0.5, 0.6) is 0 Å². The second kappa shape index (κ2) is 5.28. The van der Waals surface area contributed by atoms with Crippen molar-refractivity contribution in [2.45, 2.75) is 24.4 Å². The minimum absolute atomic E-state index is 0.0595. The van der Waals surface area contributed by atoms with Crippen molar-refractivity contribution in [1.82, 2.24) is 0 Å². The first-order chi connectivity index (χ1) is 5.54. The molecule has 6 heteroatoms. The summed E-state index contributed by atoms with van der Waals surface area (Å²) in [6, 6.07) is 0. The summed E-state index contributed by atoms with van der Waals surface area (Å²) in [7, 11) is 0. The highest BCUT2D eigenvalue weighted by atomic mass is 32.1. The van der Waals surface area contributed by atoms with E-state index in [2.05, 4.69) is 12.2 Å². The van der Waals surface area contributed by atoms with E-state index in [-0.39, 0.29) is 6.29 Å². The van der Waals surface area contributed by atoms with Gasteiger partial charge in [-0.15, -0.1) is 0 Å². The number of aliphatic hydroxyl groups excluding tert-OH is 4. The Kier molecular flexibility index (Phi) is 5.11. The van der Waals surface area contributed by atoms with Gasteiger partial charge in [0.15, 0.2) is 6.29 Å². The SMILES string of the molecule is O=C[C@H](O)[C@@H](O)[C@@H](O)[C@H](O)C=S. The Morgan fingerprint density at radius 3 is 1.75 bits per heavy atom. The Hall–Kier alpha value is -0.400. The molecule has 0 unspecified atom stereocenters. The van der Waals surface area contributed by atoms with Gasteiger partial charge < -0.3 is 25.2 Å². The fourth-order valence-electron chi connectivity index (χ4n) is 0.565. The highest BCUT2D eigenvalue weighted by Gasteiger charge is 2.28. The van der Waals surface area contributed by atoms with E-state index in [1.165, 1.54) is 0 Å². The summed E-state index contributed by atoms with van der Waals surface area (Å²) < 4.78 is 0. The molecule has 0 aromatic rings. The van der Waals surface area contributed by atoms with Crippen LogP contribution in [0.2, 0.25) is 0 Å². The molecular weight excluding hydrogens is 184 g/mol. The maximum absolute atomic E-state index is 9.92. The number of thiocarbonyl (C=S) groups is 1. The van der Waals surface area contributed by atoms with Crippen LogP contribution in [0.1, 0.15) is 0 Å². The lowest BCUT2D eigenvalue weighted by molar-refractivity contribution is -0.129. The first-order valence-electron chi connectivity index (χ1n) is 3.17. The highest BCUT2D eigenvalue weighted by molar-refractivity contribution is 7.79. The first kappa shape index (κ1) is 11.6. The molecule has 0 fully saturated rings. The summed E-state index contributed by atoms with van der Waals surface area (Å²) in [6.45, 7) is 0. The summed E-state index contributed by atoms with van der Waals surface area (Å²) in [5.74, 6) is 0. The monoisotopic (exact) mass is 194 g/mol. The van der Waals surface area contributed by atoms with E-state index in [9.17, 15) is 4.79 Å². The number of hydrogen-bond acceptors (Lipinski definition) is 6. The van der Waals surface area contributed by atoms with E-state index in [1.54, 1.807) is 0 Å². The molecule has 12 heavy (non-hydrogen) atoms. The summed E-state index contributed by atoms with van der Waals surface area (Å²) in [6.07, 6.45) is -6.47. The molecule has 0 bridgehead atoms. The molecule has 0 aromatic carbocycles. The molecule has 5 nitrogen and oxygen atoms in total. The van der Waals surface area contributed by atoms with Crippen molar-refractivity contribution < 1.29 is 25.2 Å². The molecule has 0 rings (SSSR count). The van der Waals surface area contributed by atoms with Gasteiger partial charge in [-0.2, -0.15) is 0 Å². The predicted octanol–water partition coefficient (Wildman–Crippen LogP) is -2.37. The van der Waals surface area contributed by atoms with Gasteiger partial charge in [0.05, 0.1) is 0 Å². The fraction of sp³-hybridized carbons (Fsp3) is 0.667. The Morgan fingerprint density at radius 2 is 1.42 bits per heavy atom. The lowest BCUT2D eigenvalue weighted by atomic mass is 10.1. The molecular formula is C6H10O5S. The number of rotatable bonds is 5.